The number of aryl methyl sites for hydroxylation is 1. The van der Waals surface area contributed by atoms with Gasteiger partial charge >= 0.3 is 12.1 Å². The summed E-state index contributed by atoms with van der Waals surface area (Å²) in [4.78, 5) is 51.5. The molecule has 0 aromatic heterocycles. The maximum Gasteiger partial charge on any atom is 0.408 e. The Morgan fingerprint density at radius 3 is 2.35 bits per heavy atom. The molecule has 0 aliphatic carbocycles. The van der Waals surface area contributed by atoms with E-state index in [0.717, 1.165) is 4.90 Å². The molecule has 4 N–H and O–H groups in total. The van der Waals surface area contributed by atoms with Crippen LogP contribution in [0.3, 0.4) is 0 Å². The lowest BCUT2D eigenvalue weighted by molar-refractivity contribution is -0.145. The Labute approximate surface area is 199 Å². The van der Waals surface area contributed by atoms with Crippen LogP contribution in [-0.4, -0.2) is 77.4 Å². The normalized spacial score (nSPS) is 12.8. The molecule has 0 spiro atoms. The third kappa shape index (κ3) is 8.22. The van der Waals surface area contributed by atoms with Crippen LogP contribution >= 0.6 is 0 Å². The second kappa shape index (κ2) is 12.8. The van der Waals surface area contributed by atoms with Crippen molar-refractivity contribution in [2.45, 2.75) is 58.7 Å². The fourth-order valence-electron chi connectivity index (χ4n) is 3.12. The minimum Gasteiger partial charge on any atom is -0.507 e. The summed E-state index contributed by atoms with van der Waals surface area (Å²) in [5, 5.41) is 25.2. The maximum absolute atomic E-state index is 13.4. The lowest BCUT2D eigenvalue weighted by atomic mass is 9.99. The van der Waals surface area contributed by atoms with Crippen molar-refractivity contribution in [3.05, 3.63) is 29.3 Å². The molecule has 0 saturated heterocycles. The van der Waals surface area contributed by atoms with Crippen molar-refractivity contribution in [2.24, 2.45) is 0 Å². The average molecular weight is 482 g/mol. The number of nitrogens with one attached hydrogen (secondary N) is 2. The van der Waals surface area contributed by atoms with Crippen LogP contribution in [0.2, 0.25) is 0 Å². The summed E-state index contributed by atoms with van der Waals surface area (Å²) < 4.78 is 9.71. The summed E-state index contributed by atoms with van der Waals surface area (Å²) in [7, 11) is 1.17. The third-order valence-corrected chi connectivity index (χ3v) is 4.68. The second-order valence-corrected chi connectivity index (χ2v) is 8.62. The number of benzene rings is 1. The molecule has 1 aromatic rings. The Hall–Kier alpha value is -3.34. The van der Waals surface area contributed by atoms with Gasteiger partial charge in [-0.3, -0.25) is 14.4 Å². The fourth-order valence-corrected chi connectivity index (χ4v) is 3.12. The zero-order chi connectivity index (χ0) is 26.1. The highest BCUT2D eigenvalue weighted by Gasteiger charge is 2.37. The molecule has 0 heterocycles. The Bertz CT molecular complexity index is 881. The highest BCUT2D eigenvalue weighted by atomic mass is 16.6. The summed E-state index contributed by atoms with van der Waals surface area (Å²) in [5.74, 6) is -2.42. The van der Waals surface area contributed by atoms with Crippen LogP contribution in [0.4, 0.5) is 4.79 Å². The zero-order valence-electron chi connectivity index (χ0n) is 20.5. The largest absolute Gasteiger partial charge is 0.507 e. The van der Waals surface area contributed by atoms with E-state index < -0.39 is 54.7 Å². The lowest BCUT2D eigenvalue weighted by Crippen LogP contribution is -2.54. The molecule has 0 bridgehead atoms. The number of aliphatic hydroxyl groups is 1. The van der Waals surface area contributed by atoms with Crippen LogP contribution < -0.4 is 10.6 Å². The smallest absolute Gasteiger partial charge is 0.408 e. The van der Waals surface area contributed by atoms with Gasteiger partial charge in [0.05, 0.1) is 13.7 Å². The van der Waals surface area contributed by atoms with Crippen LogP contribution in [0.15, 0.2) is 18.2 Å². The Balaban J connectivity index is 3.40. The number of carbonyl (C=O) groups excluding carboxylic acids is 4. The van der Waals surface area contributed by atoms with Crippen LogP contribution in [0, 0.1) is 6.92 Å². The number of phenols is 1. The van der Waals surface area contributed by atoms with Crippen molar-refractivity contribution < 1.29 is 38.9 Å². The molecule has 0 aliphatic rings. The summed E-state index contributed by atoms with van der Waals surface area (Å²) in [5.41, 5.74) is -0.240. The summed E-state index contributed by atoms with van der Waals surface area (Å²) >= 11 is 0. The predicted octanol–water partition coefficient (Wildman–Crippen LogP) is 1.16. The minimum absolute atomic E-state index is 0.0506. The van der Waals surface area contributed by atoms with E-state index in [2.05, 4.69) is 15.4 Å². The third-order valence-electron chi connectivity index (χ3n) is 4.68. The number of esters is 1. The highest BCUT2D eigenvalue weighted by Crippen LogP contribution is 2.32. The van der Waals surface area contributed by atoms with Crippen molar-refractivity contribution >= 4 is 23.9 Å². The van der Waals surface area contributed by atoms with Gasteiger partial charge < -0.3 is 35.2 Å². The molecule has 0 radical (unpaired) electrons. The number of para-hydroxylation sites is 1. The summed E-state index contributed by atoms with van der Waals surface area (Å²) in [6, 6.07) is 1.96. The van der Waals surface area contributed by atoms with E-state index in [4.69, 9.17) is 4.74 Å². The van der Waals surface area contributed by atoms with E-state index in [0.29, 0.717) is 12.0 Å². The lowest BCUT2D eigenvalue weighted by Gasteiger charge is -2.34. The van der Waals surface area contributed by atoms with E-state index in [1.165, 1.54) is 13.2 Å². The SMILES string of the molecule is CCCN(C(=O)C(CO)NC(=O)OC(C)(C)C)C(C(=O)NCC(=O)OC)c1cccc(C)c1O. The number of ether oxygens (including phenoxy) is 2. The first-order chi connectivity index (χ1) is 15.9. The molecule has 2 atom stereocenters. The van der Waals surface area contributed by atoms with Gasteiger partial charge in [-0.25, -0.2) is 4.79 Å². The molecule has 11 heteroatoms. The van der Waals surface area contributed by atoms with Gasteiger partial charge in [-0.1, -0.05) is 25.1 Å². The maximum atomic E-state index is 13.4. The van der Waals surface area contributed by atoms with Crippen molar-refractivity contribution in [3.8, 4) is 5.75 Å². The van der Waals surface area contributed by atoms with Gasteiger partial charge in [0.15, 0.2) is 0 Å². The van der Waals surface area contributed by atoms with E-state index in [1.807, 2.05) is 0 Å². The quantitative estimate of drug-likeness (QED) is 0.363. The molecule has 1 rings (SSSR count). The van der Waals surface area contributed by atoms with Gasteiger partial charge in [0.2, 0.25) is 11.8 Å². The average Bonchev–Trinajstić information content (AvgIpc) is 2.76. The highest BCUT2D eigenvalue weighted by molar-refractivity contribution is 5.93. The van der Waals surface area contributed by atoms with Gasteiger partial charge in [0.1, 0.15) is 30.0 Å². The van der Waals surface area contributed by atoms with Gasteiger partial charge in [-0.15, -0.1) is 0 Å². The van der Waals surface area contributed by atoms with Crippen molar-refractivity contribution in [1.29, 1.82) is 0 Å². The molecule has 3 amide bonds. The van der Waals surface area contributed by atoms with E-state index in [1.54, 1.807) is 46.8 Å². The number of alkyl carbamates (subject to hydrolysis) is 1. The van der Waals surface area contributed by atoms with Crippen molar-refractivity contribution in [2.75, 3.05) is 26.8 Å². The number of rotatable bonds is 10. The standard InChI is InChI=1S/C23H35N3O8/c1-7-11-26(21(31)16(13-27)25-22(32)34-23(3,4)5)18(20(30)24-12-17(28)33-6)15-10-8-9-14(2)19(15)29/h8-10,16,18,27,29H,7,11-13H2,1-6H3,(H,24,30)(H,25,32). The van der Waals surface area contributed by atoms with Crippen LogP contribution in [0.25, 0.3) is 0 Å². The fraction of sp³-hybridized carbons (Fsp3) is 0.565. The molecule has 1 aromatic carbocycles. The zero-order valence-corrected chi connectivity index (χ0v) is 20.5. The number of nitrogens with zero attached hydrogens (tertiary/aromatic N) is 1. The number of methoxy groups -OCH3 is 1. The minimum atomic E-state index is -1.41. The molecule has 11 nitrogen and oxygen atoms in total. The van der Waals surface area contributed by atoms with Crippen LogP contribution in [-0.2, 0) is 23.9 Å². The number of phenolic OH excluding ortho intramolecular Hbond substituents is 1. The number of hydrogen-bond acceptors (Lipinski definition) is 8. The monoisotopic (exact) mass is 481 g/mol. The number of hydrogen-bond donors (Lipinski definition) is 4. The predicted molar refractivity (Wildman–Crippen MR) is 123 cm³/mol. The van der Waals surface area contributed by atoms with E-state index in [-0.39, 0.29) is 17.9 Å². The first-order valence-corrected chi connectivity index (χ1v) is 10.9. The molecule has 0 fully saturated rings. The number of aromatic hydroxyl groups is 1. The van der Waals surface area contributed by atoms with Gasteiger partial charge in [0, 0.05) is 12.1 Å². The van der Waals surface area contributed by atoms with Gasteiger partial charge in [-0.2, -0.15) is 0 Å². The van der Waals surface area contributed by atoms with Gasteiger partial charge in [0.25, 0.3) is 0 Å². The van der Waals surface area contributed by atoms with Crippen molar-refractivity contribution in [3.63, 3.8) is 0 Å². The Morgan fingerprint density at radius 1 is 1.18 bits per heavy atom. The summed E-state index contributed by atoms with van der Waals surface area (Å²) in [6.07, 6.45) is -0.495. The summed E-state index contributed by atoms with van der Waals surface area (Å²) in [6.45, 7) is 7.19. The van der Waals surface area contributed by atoms with Gasteiger partial charge in [-0.05, 0) is 39.7 Å². The molecule has 190 valence electrons. The molecule has 2 unspecified atom stereocenters. The van der Waals surface area contributed by atoms with Crippen LogP contribution in [0.5, 0.6) is 5.75 Å². The molecule has 34 heavy (non-hydrogen) atoms. The van der Waals surface area contributed by atoms with Crippen LogP contribution in [0.1, 0.15) is 51.3 Å². The number of amides is 3. The second-order valence-electron chi connectivity index (χ2n) is 8.62. The first kappa shape index (κ1) is 28.7. The molecular weight excluding hydrogens is 446 g/mol. The molecule has 0 saturated carbocycles. The molecule has 0 aliphatic heterocycles. The first-order valence-electron chi connectivity index (χ1n) is 10.9. The van der Waals surface area contributed by atoms with E-state index in [9.17, 15) is 29.4 Å². The topological polar surface area (TPSA) is 154 Å². The van der Waals surface area contributed by atoms with E-state index >= 15 is 0 Å². The molecular formula is C23H35N3O8. The number of carbonyl (C=O) groups is 4. The number of aliphatic hydroxyl groups excluding tert-OH is 1. The van der Waals surface area contributed by atoms with Crippen molar-refractivity contribution in [1.82, 2.24) is 15.5 Å². The Morgan fingerprint density at radius 2 is 1.82 bits per heavy atom. The Kier molecular flexibility index (Phi) is 10.8.